The predicted octanol–water partition coefficient (Wildman–Crippen LogP) is 1.72. The Morgan fingerprint density at radius 3 is 2.46 bits per heavy atom. The van der Waals surface area contributed by atoms with Crippen molar-refractivity contribution >= 4 is 16.0 Å². The maximum atomic E-state index is 13.4. The number of rotatable bonds is 6. The second-order valence-electron chi connectivity index (χ2n) is 4.71. The number of ether oxygens (including phenoxy) is 1. The Morgan fingerprint density at radius 2 is 1.83 bits per heavy atom. The Hall–Kier alpha value is -2.76. The molecule has 0 spiro atoms. The van der Waals surface area contributed by atoms with E-state index >= 15 is 0 Å². The molecule has 6 nitrogen and oxygen atoms in total. The van der Waals surface area contributed by atoms with Crippen molar-refractivity contribution in [3.8, 4) is 6.07 Å². The van der Waals surface area contributed by atoms with Crippen molar-refractivity contribution in [2.75, 3.05) is 6.54 Å². The van der Waals surface area contributed by atoms with Gasteiger partial charge in [0, 0.05) is 5.56 Å². The van der Waals surface area contributed by atoms with E-state index in [1.807, 2.05) is 6.07 Å². The van der Waals surface area contributed by atoms with Crippen LogP contribution in [-0.2, 0) is 26.2 Å². The molecule has 24 heavy (non-hydrogen) atoms. The van der Waals surface area contributed by atoms with Gasteiger partial charge in [0.15, 0.2) is 0 Å². The summed E-state index contributed by atoms with van der Waals surface area (Å²) in [4.78, 5) is 11.5. The van der Waals surface area contributed by atoms with Crippen molar-refractivity contribution in [3.63, 3.8) is 0 Å². The largest absolute Gasteiger partial charge is 0.460 e. The van der Waals surface area contributed by atoms with Crippen molar-refractivity contribution in [2.45, 2.75) is 11.5 Å². The molecule has 0 fully saturated rings. The van der Waals surface area contributed by atoms with E-state index in [0.717, 1.165) is 0 Å². The molecule has 0 heterocycles. The van der Waals surface area contributed by atoms with E-state index in [1.165, 1.54) is 42.5 Å². The highest BCUT2D eigenvalue weighted by molar-refractivity contribution is 7.89. The molecule has 0 aromatic heterocycles. The van der Waals surface area contributed by atoms with Gasteiger partial charge in [-0.25, -0.2) is 12.8 Å². The van der Waals surface area contributed by atoms with Gasteiger partial charge in [0.2, 0.25) is 10.0 Å². The second kappa shape index (κ2) is 7.68. The van der Waals surface area contributed by atoms with Crippen molar-refractivity contribution in [1.29, 1.82) is 5.26 Å². The number of carbonyl (C=O) groups excluding carboxylic acids is 1. The summed E-state index contributed by atoms with van der Waals surface area (Å²) >= 11 is 0. The molecule has 0 aliphatic carbocycles. The Bertz CT molecular complexity index is 874. The van der Waals surface area contributed by atoms with E-state index in [2.05, 4.69) is 4.72 Å². The molecule has 0 atom stereocenters. The summed E-state index contributed by atoms with van der Waals surface area (Å²) in [7, 11) is -3.91. The van der Waals surface area contributed by atoms with Crippen LogP contribution in [-0.4, -0.2) is 20.9 Å². The average molecular weight is 348 g/mol. The fourth-order valence-corrected chi connectivity index (χ4v) is 2.74. The highest BCUT2D eigenvalue weighted by atomic mass is 32.2. The van der Waals surface area contributed by atoms with E-state index in [-0.39, 0.29) is 17.1 Å². The number of halogens is 1. The van der Waals surface area contributed by atoms with Crippen LogP contribution in [0, 0.1) is 17.1 Å². The van der Waals surface area contributed by atoms with Gasteiger partial charge in [-0.3, -0.25) is 4.79 Å². The zero-order valence-corrected chi connectivity index (χ0v) is 13.2. The molecular formula is C16H13FN2O4S. The lowest BCUT2D eigenvalue weighted by Crippen LogP contribution is -2.30. The van der Waals surface area contributed by atoms with Crippen molar-refractivity contribution in [3.05, 3.63) is 65.5 Å². The molecule has 0 saturated carbocycles. The third-order valence-corrected chi connectivity index (χ3v) is 4.46. The summed E-state index contributed by atoms with van der Waals surface area (Å²) in [5, 5.41) is 8.68. The first-order valence-corrected chi connectivity index (χ1v) is 8.29. The molecule has 8 heteroatoms. The fourth-order valence-electron chi connectivity index (χ4n) is 1.77. The molecule has 0 aliphatic rings. The first-order chi connectivity index (χ1) is 11.4. The number of esters is 1. The maximum Gasteiger partial charge on any atom is 0.321 e. The molecule has 0 radical (unpaired) electrons. The second-order valence-corrected chi connectivity index (χ2v) is 6.48. The Balaban J connectivity index is 1.90. The summed E-state index contributed by atoms with van der Waals surface area (Å²) in [6.45, 7) is -0.874. The Labute approximate surface area is 138 Å². The standard InChI is InChI=1S/C16H13FN2O4S/c17-15-4-2-1-3-13(15)11-23-16(20)10-19-24(21,22)14-7-5-12(9-18)6-8-14/h1-8,19H,10-11H2. The minimum absolute atomic E-state index is 0.0802. The fraction of sp³-hybridized carbons (Fsp3) is 0.125. The lowest BCUT2D eigenvalue weighted by molar-refractivity contribution is -0.143. The van der Waals surface area contributed by atoms with Crippen LogP contribution >= 0.6 is 0 Å². The van der Waals surface area contributed by atoms with Gasteiger partial charge in [-0.2, -0.15) is 9.98 Å². The van der Waals surface area contributed by atoms with Crippen molar-refractivity contribution < 1.29 is 22.3 Å². The van der Waals surface area contributed by atoms with Crippen LogP contribution in [0.4, 0.5) is 4.39 Å². The van der Waals surface area contributed by atoms with Gasteiger partial charge in [0.1, 0.15) is 19.0 Å². The number of benzene rings is 2. The molecule has 2 rings (SSSR count). The monoisotopic (exact) mass is 348 g/mol. The summed E-state index contributed by atoms with van der Waals surface area (Å²) in [6, 6.07) is 12.9. The van der Waals surface area contributed by atoms with Crippen LogP contribution in [0.25, 0.3) is 0 Å². The van der Waals surface area contributed by atoms with Gasteiger partial charge in [0.05, 0.1) is 16.5 Å². The highest BCUT2D eigenvalue weighted by Crippen LogP contribution is 2.10. The molecule has 0 amide bonds. The van der Waals surface area contributed by atoms with Gasteiger partial charge in [0.25, 0.3) is 0 Å². The Morgan fingerprint density at radius 1 is 1.17 bits per heavy atom. The molecule has 2 aromatic rings. The molecule has 0 unspecified atom stereocenters. The van der Waals surface area contributed by atoms with Crippen LogP contribution < -0.4 is 4.72 Å². The van der Waals surface area contributed by atoms with Crippen molar-refractivity contribution in [1.82, 2.24) is 4.72 Å². The van der Waals surface area contributed by atoms with Gasteiger partial charge in [-0.05, 0) is 30.3 Å². The van der Waals surface area contributed by atoms with Crippen LogP contribution in [0.1, 0.15) is 11.1 Å². The first-order valence-electron chi connectivity index (χ1n) is 6.81. The number of hydrogen-bond donors (Lipinski definition) is 1. The molecule has 1 N–H and O–H groups in total. The van der Waals surface area contributed by atoms with Gasteiger partial charge in [-0.1, -0.05) is 18.2 Å². The lowest BCUT2D eigenvalue weighted by Gasteiger charge is -2.08. The lowest BCUT2D eigenvalue weighted by atomic mass is 10.2. The van der Waals surface area contributed by atoms with Gasteiger partial charge >= 0.3 is 5.97 Å². The third kappa shape index (κ3) is 4.62. The zero-order valence-electron chi connectivity index (χ0n) is 12.4. The van der Waals surface area contributed by atoms with E-state index in [0.29, 0.717) is 5.56 Å². The van der Waals surface area contributed by atoms with Crippen LogP contribution in [0.2, 0.25) is 0 Å². The molecule has 0 bridgehead atoms. The van der Waals surface area contributed by atoms with E-state index in [9.17, 15) is 17.6 Å². The number of nitrogens with zero attached hydrogens (tertiary/aromatic N) is 1. The van der Waals surface area contributed by atoms with Crippen LogP contribution in [0.5, 0.6) is 0 Å². The smallest absolute Gasteiger partial charge is 0.321 e. The minimum atomic E-state index is -3.91. The molecule has 0 aliphatic heterocycles. The SMILES string of the molecule is N#Cc1ccc(S(=O)(=O)NCC(=O)OCc2ccccc2F)cc1. The third-order valence-electron chi connectivity index (χ3n) is 3.05. The van der Waals surface area contributed by atoms with Gasteiger partial charge in [-0.15, -0.1) is 0 Å². The number of sulfonamides is 1. The molecule has 124 valence electrons. The molecular weight excluding hydrogens is 335 g/mol. The molecule has 2 aromatic carbocycles. The van der Waals surface area contributed by atoms with E-state index in [1.54, 1.807) is 6.07 Å². The van der Waals surface area contributed by atoms with Crippen LogP contribution in [0.15, 0.2) is 53.4 Å². The summed E-state index contributed by atoms with van der Waals surface area (Å²) < 4.78 is 44.3. The first kappa shape index (κ1) is 17.6. The quantitative estimate of drug-likeness (QED) is 0.802. The maximum absolute atomic E-state index is 13.4. The van der Waals surface area contributed by atoms with E-state index < -0.39 is 28.4 Å². The topological polar surface area (TPSA) is 96.3 Å². The highest BCUT2D eigenvalue weighted by Gasteiger charge is 2.16. The van der Waals surface area contributed by atoms with Crippen LogP contribution in [0.3, 0.4) is 0 Å². The minimum Gasteiger partial charge on any atom is -0.460 e. The number of nitrogens with one attached hydrogen (secondary N) is 1. The number of hydrogen-bond acceptors (Lipinski definition) is 5. The summed E-state index contributed by atoms with van der Waals surface area (Å²) in [5.41, 5.74) is 0.513. The molecule has 0 saturated heterocycles. The summed E-state index contributed by atoms with van der Waals surface area (Å²) in [5.74, 6) is -1.35. The normalized spacial score (nSPS) is 10.8. The predicted molar refractivity (Wildman–Crippen MR) is 82.5 cm³/mol. The average Bonchev–Trinajstić information content (AvgIpc) is 2.59. The van der Waals surface area contributed by atoms with E-state index in [4.69, 9.17) is 10.00 Å². The van der Waals surface area contributed by atoms with Crippen molar-refractivity contribution in [2.24, 2.45) is 0 Å². The summed E-state index contributed by atoms with van der Waals surface area (Å²) in [6.07, 6.45) is 0. The Kier molecular flexibility index (Phi) is 5.63. The number of carbonyl (C=O) groups is 1. The number of nitriles is 1. The zero-order chi connectivity index (χ0) is 17.6. The van der Waals surface area contributed by atoms with Gasteiger partial charge < -0.3 is 4.74 Å².